The molecule has 0 saturated heterocycles. The molecule has 9 nitrogen and oxygen atoms in total. The molecule has 0 amide bonds. The van der Waals surface area contributed by atoms with Crippen molar-refractivity contribution in [1.82, 2.24) is 0 Å². The summed E-state index contributed by atoms with van der Waals surface area (Å²) in [7, 11) is -4.30. The first-order valence-electron chi connectivity index (χ1n) is 21.2. The molecule has 0 aromatic carbocycles. The number of rotatable bonds is 39. The molecule has 0 radical (unpaired) electrons. The first kappa shape index (κ1) is 52.5. The summed E-state index contributed by atoms with van der Waals surface area (Å²) in [5.74, 6) is -0.387. The summed E-state index contributed by atoms with van der Waals surface area (Å²) in [5, 5.41) is 9.83. The van der Waals surface area contributed by atoms with Gasteiger partial charge in [0.25, 0.3) is 0 Å². The Labute approximate surface area is 335 Å². The Bertz CT molecular complexity index is 1130. The molecule has 2 unspecified atom stereocenters. The van der Waals surface area contributed by atoms with E-state index in [0.29, 0.717) is 12.8 Å². The van der Waals surface area contributed by atoms with Crippen molar-refractivity contribution in [2.45, 2.75) is 167 Å². The number of aliphatic hydroxyl groups excluding tert-OH is 1. The summed E-state index contributed by atoms with van der Waals surface area (Å²) >= 11 is 0. The summed E-state index contributed by atoms with van der Waals surface area (Å²) in [4.78, 5) is 22.2. The minimum atomic E-state index is -4.30. The van der Waals surface area contributed by atoms with Gasteiger partial charge in [-0.3, -0.25) is 13.8 Å². The molecule has 0 aliphatic rings. The molecule has 0 rings (SSSR count). The normalized spacial score (nSPS) is 14.9. The molecule has 0 bridgehead atoms. The summed E-state index contributed by atoms with van der Waals surface area (Å²) < 4.78 is 33.1. The maximum absolute atomic E-state index is 12.4. The van der Waals surface area contributed by atoms with Crippen LogP contribution in [0.25, 0.3) is 0 Å². The average Bonchev–Trinajstić information content (AvgIpc) is 3.17. The molecule has 316 valence electrons. The van der Waals surface area contributed by atoms with E-state index < -0.39 is 20.0 Å². The summed E-state index contributed by atoms with van der Waals surface area (Å²) in [5.41, 5.74) is 5.35. The number of hydrogen-bond acceptors (Lipinski definition) is 8. The van der Waals surface area contributed by atoms with Crippen LogP contribution in [0.2, 0.25) is 0 Å². The molecular formula is C45H78NO8P. The molecular weight excluding hydrogens is 713 g/mol. The third-order valence-electron chi connectivity index (χ3n) is 8.51. The van der Waals surface area contributed by atoms with E-state index in [1.807, 2.05) is 42.5 Å². The first-order valence-corrected chi connectivity index (χ1v) is 22.7. The third-order valence-corrected chi connectivity index (χ3v) is 9.49. The predicted octanol–water partition coefficient (Wildman–Crippen LogP) is 11.8. The van der Waals surface area contributed by atoms with Gasteiger partial charge in [-0.15, -0.1) is 0 Å². The second-order valence-electron chi connectivity index (χ2n) is 13.7. The third kappa shape index (κ3) is 40.9. The lowest BCUT2D eigenvalue weighted by Crippen LogP contribution is -2.25. The van der Waals surface area contributed by atoms with Gasteiger partial charge in [0.05, 0.1) is 25.6 Å². The molecule has 0 saturated carbocycles. The highest BCUT2D eigenvalue weighted by Gasteiger charge is 2.24. The van der Waals surface area contributed by atoms with E-state index in [-0.39, 0.29) is 38.8 Å². The van der Waals surface area contributed by atoms with Crippen molar-refractivity contribution in [3.63, 3.8) is 0 Å². The first-order chi connectivity index (χ1) is 26.8. The zero-order valence-electron chi connectivity index (χ0n) is 34.5. The van der Waals surface area contributed by atoms with Gasteiger partial charge in [0.1, 0.15) is 6.61 Å². The number of nitrogens with two attached hydrogens (primary N) is 1. The lowest BCUT2D eigenvalue weighted by atomic mass is 10.0. The Morgan fingerprint density at radius 1 is 0.673 bits per heavy atom. The fourth-order valence-electron chi connectivity index (χ4n) is 5.33. The number of hydrogen-bond donors (Lipinski definition) is 3. The quantitative estimate of drug-likeness (QED) is 0.0139. The van der Waals surface area contributed by atoms with E-state index in [0.717, 1.165) is 38.5 Å². The second-order valence-corrected chi connectivity index (χ2v) is 15.2. The van der Waals surface area contributed by atoms with Crippen molar-refractivity contribution in [1.29, 1.82) is 0 Å². The number of carbonyl (C=O) groups is 1. The molecule has 0 aliphatic carbocycles. The highest BCUT2D eigenvalue weighted by molar-refractivity contribution is 7.47. The van der Waals surface area contributed by atoms with Crippen LogP contribution in [0.15, 0.2) is 85.3 Å². The maximum Gasteiger partial charge on any atom is 0.472 e. The van der Waals surface area contributed by atoms with Crippen LogP contribution in [0, 0.1) is 0 Å². The predicted molar refractivity (Wildman–Crippen MR) is 230 cm³/mol. The molecule has 10 heteroatoms. The topological polar surface area (TPSA) is 138 Å². The average molecular weight is 792 g/mol. The smallest absolute Gasteiger partial charge is 0.472 e. The van der Waals surface area contributed by atoms with Crippen LogP contribution in [0.4, 0.5) is 0 Å². The lowest BCUT2D eigenvalue weighted by Gasteiger charge is -2.19. The molecule has 55 heavy (non-hydrogen) atoms. The zero-order chi connectivity index (χ0) is 40.3. The monoisotopic (exact) mass is 792 g/mol. The number of aliphatic hydroxyl groups is 1. The van der Waals surface area contributed by atoms with Gasteiger partial charge in [0.15, 0.2) is 6.10 Å². The molecule has 4 N–H and O–H groups in total. The van der Waals surface area contributed by atoms with Gasteiger partial charge in [0.2, 0.25) is 0 Å². The van der Waals surface area contributed by atoms with E-state index in [2.05, 4.69) is 44.2 Å². The van der Waals surface area contributed by atoms with Crippen LogP contribution in [0.3, 0.4) is 0 Å². The van der Waals surface area contributed by atoms with Gasteiger partial charge < -0.3 is 25.2 Å². The van der Waals surface area contributed by atoms with E-state index in [1.165, 1.54) is 83.5 Å². The molecule has 0 aromatic rings. The number of phosphoric acid groups is 1. The standard InChI is InChI=1S/C45H78NO8P/c1-3-5-7-8-9-10-11-12-13-14-18-21-24-27-30-34-39-51-44(42-54-55(49,50)53-40-38-46)41-52-45(48)37-33-29-26-23-20-17-15-16-19-22-25-28-32-36-43(47)35-31-6-4-2/h6,16-17,19-20,25-26,28-29,31-32,34,36,39,43-44,47H,3-5,7-15,18,21-24,27,30,33,35,37-38,40-42,46H2,1-2H3,(H,49,50)/b19-16-,20-17-,28-25+,29-26-,31-6-,36-32+,39-34+/t43?,44-/m1/s1. The molecule has 0 fully saturated rings. The van der Waals surface area contributed by atoms with Gasteiger partial charge in [-0.05, 0) is 57.4 Å². The summed E-state index contributed by atoms with van der Waals surface area (Å²) in [6, 6.07) is 0. The van der Waals surface area contributed by atoms with Crippen molar-refractivity contribution in [3.05, 3.63) is 85.3 Å². The maximum atomic E-state index is 12.4. The summed E-state index contributed by atoms with van der Waals surface area (Å²) in [6.07, 6.45) is 50.4. The van der Waals surface area contributed by atoms with Crippen molar-refractivity contribution in [2.24, 2.45) is 5.73 Å². The number of esters is 1. The van der Waals surface area contributed by atoms with Crippen LogP contribution in [-0.2, 0) is 27.9 Å². The Morgan fingerprint density at radius 2 is 1.25 bits per heavy atom. The van der Waals surface area contributed by atoms with Gasteiger partial charge in [-0.25, -0.2) is 4.57 Å². The number of phosphoric ester groups is 1. The van der Waals surface area contributed by atoms with Gasteiger partial charge >= 0.3 is 13.8 Å². The minimum absolute atomic E-state index is 0.0815. The van der Waals surface area contributed by atoms with E-state index >= 15 is 0 Å². The van der Waals surface area contributed by atoms with Gasteiger partial charge in [-0.2, -0.15) is 0 Å². The number of unbranched alkanes of at least 4 members (excludes halogenated alkanes) is 14. The van der Waals surface area contributed by atoms with Crippen LogP contribution < -0.4 is 5.73 Å². The van der Waals surface area contributed by atoms with Crippen molar-refractivity contribution in [3.8, 4) is 0 Å². The summed E-state index contributed by atoms with van der Waals surface area (Å²) in [6.45, 7) is 3.90. The number of carbonyl (C=O) groups excluding carboxylic acids is 1. The number of ether oxygens (including phenoxy) is 2. The largest absolute Gasteiger partial charge is 0.492 e. The SMILES string of the molecule is CC/C=C\CC(O)/C=C/C=C/C/C=C\C/C=C\C/C=C\CCC(=O)OC[C@H](COP(=O)(O)OCCN)O/C=C/CCCCCCCCCCCCCCCC. The van der Waals surface area contributed by atoms with Crippen molar-refractivity contribution < 1.29 is 37.9 Å². The number of allylic oxidation sites excluding steroid dienone is 11. The van der Waals surface area contributed by atoms with Gasteiger partial charge in [-0.1, -0.05) is 170 Å². The molecule has 0 heterocycles. The Hall–Kier alpha value is -2.52. The molecule has 0 aliphatic heterocycles. The van der Waals surface area contributed by atoms with E-state index in [4.69, 9.17) is 24.3 Å². The fourth-order valence-corrected chi connectivity index (χ4v) is 6.09. The molecule has 0 aromatic heterocycles. The highest BCUT2D eigenvalue weighted by atomic mass is 31.2. The van der Waals surface area contributed by atoms with E-state index in [1.54, 1.807) is 12.3 Å². The van der Waals surface area contributed by atoms with Crippen LogP contribution >= 0.6 is 7.82 Å². The van der Waals surface area contributed by atoms with Crippen molar-refractivity contribution >= 4 is 13.8 Å². The highest BCUT2D eigenvalue weighted by Crippen LogP contribution is 2.43. The Kier molecular flexibility index (Phi) is 39.2. The van der Waals surface area contributed by atoms with Crippen LogP contribution in [-0.4, -0.2) is 54.5 Å². The second kappa shape index (κ2) is 41.1. The Balaban J connectivity index is 4.27. The molecule has 3 atom stereocenters. The van der Waals surface area contributed by atoms with Crippen LogP contribution in [0.5, 0.6) is 0 Å². The Morgan fingerprint density at radius 3 is 1.85 bits per heavy atom. The van der Waals surface area contributed by atoms with Crippen molar-refractivity contribution in [2.75, 3.05) is 26.4 Å². The molecule has 0 spiro atoms. The fraction of sp³-hybridized carbons (Fsp3) is 0.667. The van der Waals surface area contributed by atoms with Crippen LogP contribution in [0.1, 0.15) is 155 Å². The van der Waals surface area contributed by atoms with E-state index in [9.17, 15) is 19.4 Å². The zero-order valence-corrected chi connectivity index (χ0v) is 35.4. The lowest BCUT2D eigenvalue weighted by molar-refractivity contribution is -0.147. The van der Waals surface area contributed by atoms with Gasteiger partial charge in [0, 0.05) is 13.0 Å². The minimum Gasteiger partial charge on any atom is -0.492 e.